The Morgan fingerprint density at radius 2 is 1.95 bits per heavy atom. The van der Waals surface area contributed by atoms with Crippen molar-refractivity contribution in [3.63, 3.8) is 0 Å². The SMILES string of the molecule is COCCN1Cc2ccc(Oc3ccccc3)cc2C1CN. The van der Waals surface area contributed by atoms with Gasteiger partial charge in [0.1, 0.15) is 11.5 Å². The minimum absolute atomic E-state index is 0.240. The average Bonchev–Trinajstić information content (AvgIpc) is 2.90. The summed E-state index contributed by atoms with van der Waals surface area (Å²) in [6, 6.07) is 16.4. The van der Waals surface area contributed by atoms with E-state index in [4.69, 9.17) is 15.2 Å². The molecule has 3 rings (SSSR count). The maximum atomic E-state index is 5.99. The van der Waals surface area contributed by atoms with Crippen LogP contribution in [0.5, 0.6) is 11.5 Å². The molecule has 0 saturated carbocycles. The molecule has 0 fully saturated rings. The molecule has 2 N–H and O–H groups in total. The zero-order valence-corrected chi connectivity index (χ0v) is 12.9. The fourth-order valence-electron chi connectivity index (χ4n) is 2.96. The highest BCUT2D eigenvalue weighted by atomic mass is 16.5. The van der Waals surface area contributed by atoms with Gasteiger partial charge in [-0.05, 0) is 35.4 Å². The standard InChI is InChI=1S/C18H22N2O2/c1-21-10-9-20-13-14-7-8-16(11-17(14)18(20)12-19)22-15-5-3-2-4-6-15/h2-8,11,18H,9-10,12-13,19H2,1H3. The van der Waals surface area contributed by atoms with Crippen LogP contribution in [0.3, 0.4) is 0 Å². The van der Waals surface area contributed by atoms with Gasteiger partial charge in [-0.2, -0.15) is 0 Å². The summed E-state index contributed by atoms with van der Waals surface area (Å²) in [5, 5.41) is 0. The molecule has 2 aromatic rings. The first kappa shape index (κ1) is 15.0. The number of rotatable bonds is 6. The van der Waals surface area contributed by atoms with Gasteiger partial charge in [0.25, 0.3) is 0 Å². The van der Waals surface area contributed by atoms with Crippen LogP contribution in [0.2, 0.25) is 0 Å². The lowest BCUT2D eigenvalue weighted by Gasteiger charge is -2.23. The summed E-state index contributed by atoms with van der Waals surface area (Å²) in [5.74, 6) is 1.71. The van der Waals surface area contributed by atoms with Crippen molar-refractivity contribution in [2.75, 3.05) is 26.8 Å². The number of hydrogen-bond acceptors (Lipinski definition) is 4. The predicted octanol–water partition coefficient (Wildman–Crippen LogP) is 2.94. The molecule has 4 heteroatoms. The molecule has 116 valence electrons. The molecule has 22 heavy (non-hydrogen) atoms. The molecule has 0 amide bonds. The number of ether oxygens (including phenoxy) is 2. The molecule has 0 saturated heterocycles. The topological polar surface area (TPSA) is 47.7 Å². The summed E-state index contributed by atoms with van der Waals surface area (Å²) in [6.07, 6.45) is 0. The molecular formula is C18H22N2O2. The van der Waals surface area contributed by atoms with Gasteiger partial charge in [-0.25, -0.2) is 0 Å². The van der Waals surface area contributed by atoms with E-state index in [1.54, 1.807) is 7.11 Å². The Kier molecular flexibility index (Phi) is 4.73. The van der Waals surface area contributed by atoms with Crippen LogP contribution in [0.1, 0.15) is 17.2 Å². The molecule has 0 radical (unpaired) electrons. The van der Waals surface area contributed by atoms with Crippen molar-refractivity contribution in [2.45, 2.75) is 12.6 Å². The Labute approximate surface area is 131 Å². The molecular weight excluding hydrogens is 276 g/mol. The highest BCUT2D eigenvalue weighted by Gasteiger charge is 2.29. The van der Waals surface area contributed by atoms with Crippen LogP contribution in [0.15, 0.2) is 48.5 Å². The summed E-state index contributed by atoms with van der Waals surface area (Å²) in [4.78, 5) is 2.36. The van der Waals surface area contributed by atoms with Gasteiger partial charge in [0.2, 0.25) is 0 Å². The number of methoxy groups -OCH3 is 1. The first-order chi connectivity index (χ1) is 10.8. The molecule has 0 spiro atoms. The summed E-state index contributed by atoms with van der Waals surface area (Å²) >= 11 is 0. The van der Waals surface area contributed by atoms with Crippen LogP contribution in [0.25, 0.3) is 0 Å². The van der Waals surface area contributed by atoms with Crippen molar-refractivity contribution in [1.82, 2.24) is 4.90 Å². The third kappa shape index (κ3) is 3.14. The lowest BCUT2D eigenvalue weighted by molar-refractivity contribution is 0.128. The minimum atomic E-state index is 0.240. The fraction of sp³-hybridized carbons (Fsp3) is 0.333. The quantitative estimate of drug-likeness (QED) is 0.891. The Bertz CT molecular complexity index is 616. The second-order valence-electron chi connectivity index (χ2n) is 5.49. The van der Waals surface area contributed by atoms with E-state index in [2.05, 4.69) is 17.0 Å². The molecule has 0 aliphatic carbocycles. The van der Waals surface area contributed by atoms with Crippen LogP contribution in [0, 0.1) is 0 Å². The molecule has 2 aromatic carbocycles. The van der Waals surface area contributed by atoms with E-state index in [9.17, 15) is 0 Å². The number of nitrogens with zero attached hydrogens (tertiary/aromatic N) is 1. The second-order valence-corrected chi connectivity index (χ2v) is 5.49. The van der Waals surface area contributed by atoms with Gasteiger partial charge in [0.05, 0.1) is 6.61 Å². The molecule has 1 aliphatic rings. The van der Waals surface area contributed by atoms with Crippen LogP contribution in [-0.2, 0) is 11.3 Å². The Hall–Kier alpha value is -1.88. The molecule has 1 aliphatic heterocycles. The van der Waals surface area contributed by atoms with E-state index >= 15 is 0 Å². The summed E-state index contributed by atoms with van der Waals surface area (Å²) < 4.78 is 11.1. The number of fused-ring (bicyclic) bond motifs is 1. The third-order valence-electron chi connectivity index (χ3n) is 4.08. The highest BCUT2D eigenvalue weighted by molar-refractivity contribution is 5.42. The maximum absolute atomic E-state index is 5.99. The zero-order chi connectivity index (χ0) is 15.4. The number of nitrogens with two attached hydrogens (primary N) is 1. The van der Waals surface area contributed by atoms with Gasteiger partial charge in [0, 0.05) is 32.8 Å². The summed E-state index contributed by atoms with van der Waals surface area (Å²) in [6.45, 7) is 3.14. The normalized spacial score (nSPS) is 17.5. The van der Waals surface area contributed by atoms with Gasteiger partial charge in [-0.1, -0.05) is 24.3 Å². The van der Waals surface area contributed by atoms with E-state index in [0.29, 0.717) is 6.54 Å². The van der Waals surface area contributed by atoms with Crippen LogP contribution in [-0.4, -0.2) is 31.7 Å². The molecule has 1 unspecified atom stereocenters. The smallest absolute Gasteiger partial charge is 0.127 e. The van der Waals surface area contributed by atoms with Crippen molar-refractivity contribution < 1.29 is 9.47 Å². The third-order valence-corrected chi connectivity index (χ3v) is 4.08. The Morgan fingerprint density at radius 1 is 1.14 bits per heavy atom. The Morgan fingerprint density at radius 3 is 2.68 bits per heavy atom. The van der Waals surface area contributed by atoms with Gasteiger partial charge in [-0.3, -0.25) is 4.90 Å². The minimum Gasteiger partial charge on any atom is -0.457 e. The first-order valence-electron chi connectivity index (χ1n) is 7.60. The fourth-order valence-corrected chi connectivity index (χ4v) is 2.96. The van der Waals surface area contributed by atoms with E-state index in [0.717, 1.165) is 31.2 Å². The van der Waals surface area contributed by atoms with Crippen molar-refractivity contribution in [3.8, 4) is 11.5 Å². The number of para-hydroxylation sites is 1. The van der Waals surface area contributed by atoms with Crippen molar-refractivity contribution in [3.05, 3.63) is 59.7 Å². The summed E-state index contributed by atoms with van der Waals surface area (Å²) in [5.41, 5.74) is 8.59. The lowest BCUT2D eigenvalue weighted by Crippen LogP contribution is -2.30. The van der Waals surface area contributed by atoms with E-state index < -0.39 is 0 Å². The largest absolute Gasteiger partial charge is 0.457 e. The monoisotopic (exact) mass is 298 g/mol. The summed E-state index contributed by atoms with van der Waals surface area (Å²) in [7, 11) is 1.73. The average molecular weight is 298 g/mol. The Balaban J connectivity index is 1.79. The maximum Gasteiger partial charge on any atom is 0.127 e. The molecule has 0 bridgehead atoms. The van der Waals surface area contributed by atoms with Crippen molar-refractivity contribution >= 4 is 0 Å². The van der Waals surface area contributed by atoms with Gasteiger partial charge in [0.15, 0.2) is 0 Å². The molecule has 4 nitrogen and oxygen atoms in total. The molecule has 0 aromatic heterocycles. The first-order valence-corrected chi connectivity index (χ1v) is 7.60. The van der Waals surface area contributed by atoms with Crippen LogP contribution >= 0.6 is 0 Å². The lowest BCUT2D eigenvalue weighted by atomic mass is 10.0. The van der Waals surface area contributed by atoms with Crippen LogP contribution in [0.4, 0.5) is 0 Å². The van der Waals surface area contributed by atoms with Gasteiger partial charge < -0.3 is 15.2 Å². The molecule has 1 heterocycles. The highest BCUT2D eigenvalue weighted by Crippen LogP contribution is 2.36. The van der Waals surface area contributed by atoms with Gasteiger partial charge in [-0.15, -0.1) is 0 Å². The van der Waals surface area contributed by atoms with E-state index in [1.807, 2.05) is 36.4 Å². The predicted molar refractivity (Wildman–Crippen MR) is 87.0 cm³/mol. The van der Waals surface area contributed by atoms with Crippen molar-refractivity contribution in [2.24, 2.45) is 5.73 Å². The van der Waals surface area contributed by atoms with E-state index in [1.165, 1.54) is 11.1 Å². The van der Waals surface area contributed by atoms with E-state index in [-0.39, 0.29) is 6.04 Å². The second kappa shape index (κ2) is 6.92. The molecule has 1 atom stereocenters. The zero-order valence-electron chi connectivity index (χ0n) is 12.9. The van der Waals surface area contributed by atoms with Crippen molar-refractivity contribution in [1.29, 1.82) is 0 Å². The van der Waals surface area contributed by atoms with Crippen LogP contribution < -0.4 is 10.5 Å². The number of benzene rings is 2. The van der Waals surface area contributed by atoms with Gasteiger partial charge >= 0.3 is 0 Å². The number of hydrogen-bond donors (Lipinski definition) is 1.